The van der Waals surface area contributed by atoms with Crippen LogP contribution in [0.1, 0.15) is 12.5 Å². The van der Waals surface area contributed by atoms with E-state index in [0.717, 1.165) is 24.5 Å². The third-order valence-corrected chi connectivity index (χ3v) is 2.17. The summed E-state index contributed by atoms with van der Waals surface area (Å²) in [6.45, 7) is 3.98. The zero-order valence-corrected chi connectivity index (χ0v) is 9.73. The average molecular weight is 222 g/mol. The number of aromatic nitrogens is 1. The lowest BCUT2D eigenvalue weighted by molar-refractivity contribution is -0.116. The fourth-order valence-corrected chi connectivity index (χ4v) is 1.33. The Morgan fingerprint density at radius 1 is 1.56 bits per heavy atom. The van der Waals surface area contributed by atoms with Crippen molar-refractivity contribution in [2.24, 2.45) is 5.73 Å². The van der Waals surface area contributed by atoms with Crippen molar-refractivity contribution in [2.45, 2.75) is 13.5 Å². The second-order valence-electron chi connectivity index (χ2n) is 3.63. The second kappa shape index (κ2) is 6.07. The third-order valence-electron chi connectivity index (χ3n) is 2.17. The van der Waals surface area contributed by atoms with Gasteiger partial charge in [0.05, 0.1) is 6.54 Å². The maximum atomic E-state index is 10.7. The van der Waals surface area contributed by atoms with Crippen molar-refractivity contribution in [3.8, 4) is 0 Å². The van der Waals surface area contributed by atoms with Crippen molar-refractivity contribution < 1.29 is 4.79 Å². The van der Waals surface area contributed by atoms with Crippen LogP contribution in [-0.4, -0.2) is 31.0 Å². The molecule has 88 valence electrons. The molecule has 0 bridgehead atoms. The Labute approximate surface area is 95.7 Å². The number of hydrogen-bond donors (Lipinski definition) is 2. The van der Waals surface area contributed by atoms with Crippen LogP contribution in [0.15, 0.2) is 18.3 Å². The molecule has 5 heteroatoms. The fraction of sp³-hybridized carbons (Fsp3) is 0.455. The zero-order chi connectivity index (χ0) is 12.0. The quantitative estimate of drug-likeness (QED) is 0.717. The van der Waals surface area contributed by atoms with Gasteiger partial charge in [0.25, 0.3) is 0 Å². The summed E-state index contributed by atoms with van der Waals surface area (Å²) in [5.41, 5.74) is 6.23. The Kier molecular flexibility index (Phi) is 4.72. The molecule has 1 aromatic heterocycles. The summed E-state index contributed by atoms with van der Waals surface area (Å²) >= 11 is 0. The standard InChI is InChI=1S/C11H18N4O/c1-3-13-6-9-4-5-11(14-7-9)15(2)8-10(12)16/h4-5,7,13H,3,6,8H2,1-2H3,(H2,12,16). The molecule has 0 saturated carbocycles. The highest BCUT2D eigenvalue weighted by atomic mass is 16.1. The van der Waals surface area contributed by atoms with Gasteiger partial charge >= 0.3 is 0 Å². The molecule has 1 amide bonds. The van der Waals surface area contributed by atoms with Gasteiger partial charge in [-0.2, -0.15) is 0 Å². The molecule has 1 heterocycles. The van der Waals surface area contributed by atoms with Gasteiger partial charge in [-0.25, -0.2) is 4.98 Å². The maximum Gasteiger partial charge on any atom is 0.236 e. The highest BCUT2D eigenvalue weighted by Gasteiger charge is 2.04. The highest BCUT2D eigenvalue weighted by molar-refractivity contribution is 5.78. The topological polar surface area (TPSA) is 71.2 Å². The molecule has 0 spiro atoms. The predicted molar refractivity (Wildman–Crippen MR) is 64.1 cm³/mol. The largest absolute Gasteiger partial charge is 0.368 e. The van der Waals surface area contributed by atoms with Gasteiger partial charge in [0.15, 0.2) is 0 Å². The Morgan fingerprint density at radius 3 is 2.81 bits per heavy atom. The fourth-order valence-electron chi connectivity index (χ4n) is 1.33. The molecule has 1 rings (SSSR count). The van der Waals surface area contributed by atoms with Crippen LogP contribution in [0.25, 0.3) is 0 Å². The van der Waals surface area contributed by atoms with E-state index in [1.54, 1.807) is 18.1 Å². The summed E-state index contributed by atoms with van der Waals surface area (Å²) in [6.07, 6.45) is 1.80. The van der Waals surface area contributed by atoms with Crippen molar-refractivity contribution in [3.63, 3.8) is 0 Å². The Hall–Kier alpha value is -1.62. The first-order valence-corrected chi connectivity index (χ1v) is 5.28. The maximum absolute atomic E-state index is 10.7. The molecular weight excluding hydrogens is 204 g/mol. The third kappa shape index (κ3) is 3.86. The number of amides is 1. The van der Waals surface area contributed by atoms with Crippen molar-refractivity contribution in [2.75, 3.05) is 25.0 Å². The number of rotatable bonds is 6. The number of hydrogen-bond acceptors (Lipinski definition) is 4. The smallest absolute Gasteiger partial charge is 0.236 e. The number of nitrogens with zero attached hydrogens (tertiary/aromatic N) is 2. The van der Waals surface area contributed by atoms with E-state index in [-0.39, 0.29) is 12.5 Å². The van der Waals surface area contributed by atoms with Crippen LogP contribution in [0, 0.1) is 0 Å². The molecule has 0 fully saturated rings. The summed E-state index contributed by atoms with van der Waals surface area (Å²) in [5, 5.41) is 3.22. The van der Waals surface area contributed by atoms with E-state index in [4.69, 9.17) is 5.73 Å². The molecule has 3 N–H and O–H groups in total. The lowest BCUT2D eigenvalue weighted by atomic mass is 10.3. The molecule has 0 aliphatic rings. The minimum absolute atomic E-state index is 0.180. The molecule has 0 aliphatic heterocycles. The molecular formula is C11H18N4O. The second-order valence-corrected chi connectivity index (χ2v) is 3.63. The van der Waals surface area contributed by atoms with Gasteiger partial charge < -0.3 is 16.0 Å². The molecule has 0 aromatic carbocycles. The summed E-state index contributed by atoms with van der Waals surface area (Å²) in [6, 6.07) is 3.87. The highest BCUT2D eigenvalue weighted by Crippen LogP contribution is 2.08. The Balaban J connectivity index is 2.59. The van der Waals surface area contributed by atoms with E-state index < -0.39 is 0 Å². The van der Waals surface area contributed by atoms with Gasteiger partial charge in [-0.05, 0) is 18.2 Å². The first-order valence-electron chi connectivity index (χ1n) is 5.28. The molecule has 0 unspecified atom stereocenters. The number of carbonyl (C=O) groups excluding carboxylic acids is 1. The molecule has 16 heavy (non-hydrogen) atoms. The van der Waals surface area contributed by atoms with Gasteiger partial charge in [0, 0.05) is 19.8 Å². The minimum atomic E-state index is -0.360. The van der Waals surface area contributed by atoms with Crippen molar-refractivity contribution >= 4 is 11.7 Å². The van der Waals surface area contributed by atoms with Crippen LogP contribution in [0.4, 0.5) is 5.82 Å². The number of likely N-dealkylation sites (N-methyl/N-ethyl adjacent to an activating group) is 1. The van der Waals surface area contributed by atoms with E-state index in [0.29, 0.717) is 0 Å². The summed E-state index contributed by atoms with van der Waals surface area (Å²) in [7, 11) is 1.79. The predicted octanol–water partition coefficient (Wildman–Crippen LogP) is 0.113. The lowest BCUT2D eigenvalue weighted by Gasteiger charge is -2.16. The average Bonchev–Trinajstić information content (AvgIpc) is 2.26. The summed E-state index contributed by atoms with van der Waals surface area (Å²) < 4.78 is 0. The molecule has 0 radical (unpaired) electrons. The first kappa shape index (κ1) is 12.4. The van der Waals surface area contributed by atoms with Gasteiger partial charge in [0.2, 0.25) is 5.91 Å². The van der Waals surface area contributed by atoms with E-state index in [1.165, 1.54) is 0 Å². The minimum Gasteiger partial charge on any atom is -0.368 e. The van der Waals surface area contributed by atoms with Crippen molar-refractivity contribution in [1.29, 1.82) is 0 Å². The monoisotopic (exact) mass is 222 g/mol. The molecule has 0 atom stereocenters. The van der Waals surface area contributed by atoms with Gasteiger partial charge in [-0.1, -0.05) is 13.0 Å². The zero-order valence-electron chi connectivity index (χ0n) is 9.73. The number of nitrogens with two attached hydrogens (primary N) is 1. The van der Waals surface area contributed by atoms with E-state index >= 15 is 0 Å². The SMILES string of the molecule is CCNCc1ccc(N(C)CC(N)=O)nc1. The normalized spacial score (nSPS) is 10.1. The van der Waals surface area contributed by atoms with Crippen LogP contribution in [0.3, 0.4) is 0 Å². The van der Waals surface area contributed by atoms with Crippen LogP contribution < -0.4 is 16.0 Å². The van der Waals surface area contributed by atoms with E-state index in [2.05, 4.69) is 17.2 Å². The van der Waals surface area contributed by atoms with Gasteiger partial charge in [-0.3, -0.25) is 4.79 Å². The Morgan fingerprint density at radius 2 is 2.31 bits per heavy atom. The van der Waals surface area contributed by atoms with E-state index in [9.17, 15) is 4.79 Å². The Bertz CT molecular complexity index is 336. The van der Waals surface area contributed by atoms with Crippen LogP contribution in [0.5, 0.6) is 0 Å². The van der Waals surface area contributed by atoms with Crippen LogP contribution >= 0.6 is 0 Å². The first-order chi connectivity index (χ1) is 7.63. The number of anilines is 1. The van der Waals surface area contributed by atoms with Gasteiger partial charge in [-0.15, -0.1) is 0 Å². The molecule has 5 nitrogen and oxygen atoms in total. The lowest BCUT2D eigenvalue weighted by Crippen LogP contribution is -2.31. The van der Waals surface area contributed by atoms with Gasteiger partial charge in [0.1, 0.15) is 5.82 Å². The van der Waals surface area contributed by atoms with Crippen molar-refractivity contribution in [1.82, 2.24) is 10.3 Å². The van der Waals surface area contributed by atoms with Crippen LogP contribution in [0.2, 0.25) is 0 Å². The molecule has 0 aliphatic carbocycles. The number of pyridine rings is 1. The van der Waals surface area contributed by atoms with Crippen LogP contribution in [-0.2, 0) is 11.3 Å². The molecule has 1 aromatic rings. The summed E-state index contributed by atoms with van der Waals surface area (Å²) in [5.74, 6) is 0.389. The number of primary amides is 1. The van der Waals surface area contributed by atoms with E-state index in [1.807, 2.05) is 12.1 Å². The summed E-state index contributed by atoms with van der Waals surface area (Å²) in [4.78, 5) is 16.7. The number of carbonyl (C=O) groups is 1. The molecule has 0 saturated heterocycles. The number of nitrogens with one attached hydrogen (secondary N) is 1. The van der Waals surface area contributed by atoms with Crippen molar-refractivity contribution in [3.05, 3.63) is 23.9 Å².